The van der Waals surface area contributed by atoms with E-state index in [1.807, 2.05) is 6.92 Å². The minimum atomic E-state index is -0.829. The van der Waals surface area contributed by atoms with Gasteiger partial charge in [0.05, 0.1) is 0 Å². The highest BCUT2D eigenvalue weighted by Gasteiger charge is 2.25. The van der Waals surface area contributed by atoms with Crippen LogP contribution in [0.1, 0.15) is 52.9 Å². The minimum Gasteiger partial charge on any atom is -0.481 e. The van der Waals surface area contributed by atoms with Crippen LogP contribution in [0.15, 0.2) is 0 Å². The summed E-state index contributed by atoms with van der Waals surface area (Å²) in [4.78, 5) is 22.2. The molecule has 0 saturated heterocycles. The van der Waals surface area contributed by atoms with E-state index in [0.29, 0.717) is 12.3 Å². The first kappa shape index (κ1) is 15.8. The van der Waals surface area contributed by atoms with Crippen molar-refractivity contribution in [3.05, 3.63) is 0 Å². The predicted molar refractivity (Wildman–Crippen MR) is 74.0 cm³/mol. The quantitative estimate of drug-likeness (QED) is 0.717. The van der Waals surface area contributed by atoms with Gasteiger partial charge in [-0.3, -0.25) is 4.79 Å². The summed E-state index contributed by atoms with van der Waals surface area (Å²) in [5.41, 5.74) is 0. The number of carboxylic acids is 1. The molecule has 1 aliphatic rings. The van der Waals surface area contributed by atoms with Crippen LogP contribution in [0.2, 0.25) is 0 Å². The molecule has 1 fully saturated rings. The molecule has 0 aliphatic heterocycles. The van der Waals surface area contributed by atoms with E-state index in [2.05, 4.69) is 24.5 Å². The van der Waals surface area contributed by atoms with Crippen molar-refractivity contribution in [2.45, 2.75) is 65.0 Å². The van der Waals surface area contributed by atoms with E-state index in [1.54, 1.807) is 0 Å². The van der Waals surface area contributed by atoms with E-state index < -0.39 is 5.97 Å². The zero-order valence-electron chi connectivity index (χ0n) is 12.1. The Balaban J connectivity index is 2.25. The summed E-state index contributed by atoms with van der Waals surface area (Å²) in [6, 6.07) is -0.0430. The summed E-state index contributed by atoms with van der Waals surface area (Å²) in [6.07, 6.45) is 3.75. The zero-order valence-corrected chi connectivity index (χ0v) is 12.1. The van der Waals surface area contributed by atoms with Crippen LogP contribution in [0, 0.1) is 11.8 Å². The Morgan fingerprint density at radius 3 is 2.53 bits per heavy atom. The van der Waals surface area contributed by atoms with E-state index in [9.17, 15) is 9.59 Å². The first-order chi connectivity index (χ1) is 8.88. The Morgan fingerprint density at radius 1 is 1.26 bits per heavy atom. The van der Waals surface area contributed by atoms with Crippen LogP contribution in [-0.4, -0.2) is 29.2 Å². The molecule has 0 radical (unpaired) electrons. The van der Waals surface area contributed by atoms with Crippen LogP contribution in [0.4, 0.5) is 4.79 Å². The maximum Gasteiger partial charge on any atom is 0.315 e. The number of carbonyl (C=O) groups excluding carboxylic acids is 1. The Bertz CT molecular complexity index is 320. The molecular formula is C14H26N2O3. The van der Waals surface area contributed by atoms with Gasteiger partial charge in [0.15, 0.2) is 0 Å². The second-order valence-corrected chi connectivity index (χ2v) is 5.92. The van der Waals surface area contributed by atoms with Crippen LogP contribution < -0.4 is 10.6 Å². The van der Waals surface area contributed by atoms with Crippen molar-refractivity contribution < 1.29 is 14.7 Å². The number of urea groups is 1. The molecule has 4 unspecified atom stereocenters. The van der Waals surface area contributed by atoms with Crippen LogP contribution in [0.5, 0.6) is 0 Å². The molecule has 5 nitrogen and oxygen atoms in total. The van der Waals surface area contributed by atoms with Gasteiger partial charge >= 0.3 is 12.0 Å². The van der Waals surface area contributed by atoms with E-state index in [4.69, 9.17) is 5.11 Å². The molecule has 0 bridgehead atoms. The van der Waals surface area contributed by atoms with Gasteiger partial charge in [-0.15, -0.1) is 0 Å². The van der Waals surface area contributed by atoms with Crippen molar-refractivity contribution in [2.24, 2.45) is 11.8 Å². The highest BCUT2D eigenvalue weighted by atomic mass is 16.4. The molecule has 0 spiro atoms. The van der Waals surface area contributed by atoms with Crippen LogP contribution in [0.25, 0.3) is 0 Å². The lowest BCUT2D eigenvalue weighted by atomic mass is 9.79. The number of hydrogen-bond acceptors (Lipinski definition) is 2. The smallest absolute Gasteiger partial charge is 0.315 e. The molecule has 4 atom stereocenters. The summed E-state index contributed by atoms with van der Waals surface area (Å²) < 4.78 is 0. The number of aliphatic carboxylic acids is 1. The van der Waals surface area contributed by atoms with Gasteiger partial charge in [-0.05, 0) is 44.4 Å². The monoisotopic (exact) mass is 270 g/mol. The molecule has 0 heterocycles. The van der Waals surface area contributed by atoms with Gasteiger partial charge in [-0.25, -0.2) is 4.79 Å². The normalized spacial score (nSPS) is 28.5. The second kappa shape index (κ2) is 7.36. The van der Waals surface area contributed by atoms with Crippen LogP contribution >= 0.6 is 0 Å². The summed E-state index contributed by atoms with van der Waals surface area (Å²) in [5, 5.41) is 14.4. The zero-order chi connectivity index (χ0) is 14.4. The summed E-state index contributed by atoms with van der Waals surface area (Å²) >= 11 is 0. The van der Waals surface area contributed by atoms with Crippen molar-refractivity contribution in [3.8, 4) is 0 Å². The van der Waals surface area contributed by atoms with Crippen molar-refractivity contribution in [1.82, 2.24) is 10.6 Å². The van der Waals surface area contributed by atoms with Gasteiger partial charge in [-0.1, -0.05) is 13.8 Å². The second-order valence-electron chi connectivity index (χ2n) is 5.92. The Kier molecular flexibility index (Phi) is 6.12. The van der Waals surface area contributed by atoms with Crippen molar-refractivity contribution in [3.63, 3.8) is 0 Å². The molecule has 1 saturated carbocycles. The van der Waals surface area contributed by atoms with Gasteiger partial charge in [0.25, 0.3) is 0 Å². The lowest BCUT2D eigenvalue weighted by molar-refractivity contribution is -0.137. The third-order valence-electron chi connectivity index (χ3n) is 4.10. The topological polar surface area (TPSA) is 78.4 Å². The fourth-order valence-corrected chi connectivity index (χ4v) is 2.54. The molecule has 0 aromatic heterocycles. The number of carbonyl (C=O) groups is 2. The fraction of sp³-hybridized carbons (Fsp3) is 0.857. The van der Waals surface area contributed by atoms with Crippen LogP contribution in [0.3, 0.4) is 0 Å². The molecule has 19 heavy (non-hydrogen) atoms. The van der Waals surface area contributed by atoms with Gasteiger partial charge in [-0.2, -0.15) is 0 Å². The number of amides is 2. The van der Waals surface area contributed by atoms with Crippen molar-refractivity contribution in [1.29, 1.82) is 0 Å². The average Bonchev–Trinajstić information content (AvgIpc) is 2.31. The summed E-state index contributed by atoms with van der Waals surface area (Å²) in [7, 11) is 0. The summed E-state index contributed by atoms with van der Waals surface area (Å²) in [6.45, 7) is 6.31. The van der Waals surface area contributed by atoms with Crippen LogP contribution in [-0.2, 0) is 4.79 Å². The molecule has 1 rings (SSSR count). The van der Waals surface area contributed by atoms with Gasteiger partial charge in [0.2, 0.25) is 0 Å². The molecule has 0 aromatic rings. The number of rotatable bonds is 5. The van der Waals surface area contributed by atoms with Gasteiger partial charge in [0.1, 0.15) is 0 Å². The largest absolute Gasteiger partial charge is 0.481 e. The van der Waals surface area contributed by atoms with E-state index >= 15 is 0 Å². The lowest BCUT2D eigenvalue weighted by Gasteiger charge is -2.32. The van der Waals surface area contributed by atoms with Crippen molar-refractivity contribution in [2.75, 3.05) is 0 Å². The molecule has 1 aliphatic carbocycles. The first-order valence-corrected chi connectivity index (χ1v) is 7.17. The number of carboxylic acid groups (broad SMARTS) is 1. The van der Waals surface area contributed by atoms with Gasteiger partial charge < -0.3 is 15.7 Å². The summed E-state index contributed by atoms with van der Waals surface area (Å²) in [5.74, 6) is 0.545. The number of hydrogen-bond donors (Lipinski definition) is 3. The minimum absolute atomic E-state index is 0.0828. The maximum absolute atomic E-state index is 11.8. The SMILES string of the molecule is CC(CCC(=O)O)NC(=O)NC1CCC(C)C(C)C1. The van der Waals surface area contributed by atoms with E-state index in [0.717, 1.165) is 25.2 Å². The Hall–Kier alpha value is -1.26. The van der Waals surface area contributed by atoms with Crippen molar-refractivity contribution >= 4 is 12.0 Å². The van der Waals surface area contributed by atoms with E-state index in [-0.39, 0.29) is 24.5 Å². The number of nitrogens with one attached hydrogen (secondary N) is 2. The molecular weight excluding hydrogens is 244 g/mol. The van der Waals surface area contributed by atoms with Gasteiger partial charge in [0, 0.05) is 18.5 Å². The van der Waals surface area contributed by atoms with E-state index in [1.165, 1.54) is 0 Å². The Labute approximate surface area is 115 Å². The standard InChI is InChI=1S/C14H26N2O3/c1-9-4-6-12(8-10(9)2)16-14(19)15-11(3)5-7-13(17)18/h9-12H,4-8H2,1-3H3,(H,17,18)(H2,15,16,19). The average molecular weight is 270 g/mol. The lowest BCUT2D eigenvalue weighted by Crippen LogP contribution is -2.47. The third-order valence-corrected chi connectivity index (χ3v) is 4.10. The maximum atomic E-state index is 11.8. The third kappa shape index (κ3) is 5.94. The highest BCUT2D eigenvalue weighted by Crippen LogP contribution is 2.29. The Morgan fingerprint density at radius 2 is 1.95 bits per heavy atom. The molecule has 110 valence electrons. The fourth-order valence-electron chi connectivity index (χ4n) is 2.54. The molecule has 3 N–H and O–H groups in total. The molecule has 2 amide bonds. The first-order valence-electron chi connectivity index (χ1n) is 7.17. The molecule has 0 aromatic carbocycles. The predicted octanol–water partition coefficient (Wildman–Crippen LogP) is 2.36. The highest BCUT2D eigenvalue weighted by molar-refractivity contribution is 5.74. The molecule has 5 heteroatoms.